The molecule has 0 aromatic heterocycles. The lowest BCUT2D eigenvalue weighted by atomic mass is 9.66. The van der Waals surface area contributed by atoms with Gasteiger partial charge in [0.15, 0.2) is 11.2 Å². The molecule has 50 heavy (non-hydrogen) atoms. The third kappa shape index (κ3) is 9.37. The van der Waals surface area contributed by atoms with Gasteiger partial charge >= 0.3 is 0 Å². The highest BCUT2D eigenvalue weighted by molar-refractivity contribution is 7.99. The largest absolute Gasteiger partial charge is 0.394 e. The summed E-state index contributed by atoms with van der Waals surface area (Å²) in [6.07, 6.45) is 0. The van der Waals surface area contributed by atoms with Gasteiger partial charge in [-0.1, -0.05) is 169 Å². The van der Waals surface area contributed by atoms with Gasteiger partial charge in [0.25, 0.3) is 0 Å². The second kappa shape index (κ2) is 19.6. The average molecular weight is 685 g/mol. The molecule has 0 radical (unpaired) electrons. The second-order valence-electron chi connectivity index (χ2n) is 11.4. The van der Waals surface area contributed by atoms with Crippen LogP contribution in [0.25, 0.3) is 0 Å². The van der Waals surface area contributed by atoms with Gasteiger partial charge < -0.3 is 24.4 Å². The predicted octanol–water partition coefficient (Wildman–Crippen LogP) is 8.75. The highest BCUT2D eigenvalue weighted by Gasteiger charge is 2.56. The molecular formula is C44H44O5S. The summed E-state index contributed by atoms with van der Waals surface area (Å²) < 4.78 is 17.9. The van der Waals surface area contributed by atoms with Crippen molar-refractivity contribution in [2.24, 2.45) is 0 Å². The Morgan fingerprint density at radius 3 is 1.10 bits per heavy atom. The zero-order valence-corrected chi connectivity index (χ0v) is 28.9. The zero-order valence-electron chi connectivity index (χ0n) is 28.1. The Morgan fingerprint density at radius 2 is 0.720 bits per heavy atom. The molecule has 0 amide bonds. The van der Waals surface area contributed by atoms with E-state index in [0.29, 0.717) is 30.9 Å². The molecular weight excluding hydrogens is 641 g/mol. The van der Waals surface area contributed by atoms with Crippen molar-refractivity contribution in [3.63, 3.8) is 0 Å². The third-order valence-electron chi connectivity index (χ3n) is 8.13. The smallest absolute Gasteiger partial charge is 0.155 e. The highest BCUT2D eigenvalue weighted by atomic mass is 32.2. The normalized spacial score (nSPS) is 11.4. The summed E-state index contributed by atoms with van der Waals surface area (Å²) in [4.78, 5) is 2.57. The summed E-state index contributed by atoms with van der Waals surface area (Å²) in [5.74, 6) is 0. The number of aliphatic hydroxyl groups excluding tert-OH is 1. The molecule has 5 nitrogen and oxygen atoms in total. The van der Waals surface area contributed by atoms with Gasteiger partial charge in [-0.2, -0.15) is 0 Å². The van der Waals surface area contributed by atoms with Crippen molar-refractivity contribution >= 4 is 11.8 Å². The molecule has 0 aliphatic heterocycles. The van der Waals surface area contributed by atoms with Crippen LogP contribution < -0.4 is 0 Å². The maximum atomic E-state index is 13.1. The average Bonchev–Trinajstić information content (AvgIpc) is 3.19. The molecule has 6 rings (SSSR count). The summed E-state index contributed by atoms with van der Waals surface area (Å²) in [6, 6.07) is 59.9. The van der Waals surface area contributed by atoms with Crippen LogP contribution >= 0.6 is 11.8 Å². The van der Waals surface area contributed by atoms with E-state index >= 15 is 0 Å². The van der Waals surface area contributed by atoms with Gasteiger partial charge in [0, 0.05) is 9.79 Å². The van der Waals surface area contributed by atoms with Crippen LogP contribution in [0.2, 0.25) is 0 Å². The first-order chi connectivity index (χ1) is 24.7. The molecule has 0 atom stereocenters. The van der Waals surface area contributed by atoms with Crippen molar-refractivity contribution in [2.75, 3.05) is 39.6 Å². The van der Waals surface area contributed by atoms with Gasteiger partial charge in [0.1, 0.15) is 0 Å². The Balaban J connectivity index is 0.000000311. The number of aliphatic hydroxyl groups is 2. The Kier molecular flexibility index (Phi) is 14.4. The van der Waals surface area contributed by atoms with Crippen molar-refractivity contribution < 1.29 is 24.4 Å². The fourth-order valence-electron chi connectivity index (χ4n) is 5.89. The van der Waals surface area contributed by atoms with E-state index in [1.807, 2.05) is 133 Å². The molecule has 0 aliphatic carbocycles. The van der Waals surface area contributed by atoms with Crippen LogP contribution in [-0.2, 0) is 25.4 Å². The number of hydrogen-bond donors (Lipinski definition) is 2. The van der Waals surface area contributed by atoms with Crippen LogP contribution in [0.15, 0.2) is 192 Å². The lowest BCUT2D eigenvalue weighted by molar-refractivity contribution is -0.161. The monoisotopic (exact) mass is 684 g/mol. The van der Waals surface area contributed by atoms with Crippen LogP contribution in [0.1, 0.15) is 22.3 Å². The van der Waals surface area contributed by atoms with Gasteiger partial charge in [0.05, 0.1) is 39.6 Å². The van der Waals surface area contributed by atoms with Crippen molar-refractivity contribution in [3.8, 4) is 0 Å². The molecule has 0 bridgehead atoms. The van der Waals surface area contributed by atoms with E-state index in [9.17, 15) is 5.11 Å². The lowest BCUT2D eigenvalue weighted by Gasteiger charge is -2.48. The van der Waals surface area contributed by atoms with E-state index in [2.05, 4.69) is 48.5 Å². The molecule has 0 fully saturated rings. The molecule has 6 heteroatoms. The van der Waals surface area contributed by atoms with Crippen LogP contribution in [0.3, 0.4) is 0 Å². The van der Waals surface area contributed by atoms with Gasteiger partial charge in [-0.3, -0.25) is 0 Å². The number of hydrogen-bond acceptors (Lipinski definition) is 6. The maximum absolute atomic E-state index is 13.1. The SMILES string of the molecule is OCCOCCOCCOC(c1ccccc1)(c1ccccc1)C(O)(c1ccccc1)c1ccccc1.c1ccc(Sc2ccccc2)cc1. The van der Waals surface area contributed by atoms with Crippen LogP contribution in [0.4, 0.5) is 0 Å². The summed E-state index contributed by atoms with van der Waals surface area (Å²) in [7, 11) is 0. The summed E-state index contributed by atoms with van der Waals surface area (Å²) in [5, 5.41) is 21.9. The van der Waals surface area contributed by atoms with Crippen LogP contribution in [0, 0.1) is 0 Å². The standard InChI is InChI=1S/C32H34O5.C12H10S/c33-21-22-35-23-24-36-25-26-37-32(29-17-9-3-10-18-29,30-19-11-4-12-20-30)31(34,27-13-5-1-6-14-27)28-15-7-2-8-16-28;1-3-7-11(8-4-1)13-12-9-5-2-6-10-12/h1-20,33-34H,21-26H2;1-10H. The number of ether oxygens (including phenoxy) is 3. The van der Waals surface area contributed by atoms with Gasteiger partial charge in [-0.25, -0.2) is 0 Å². The van der Waals surface area contributed by atoms with E-state index in [0.717, 1.165) is 11.1 Å². The van der Waals surface area contributed by atoms with Crippen molar-refractivity contribution in [3.05, 3.63) is 204 Å². The first-order valence-electron chi connectivity index (χ1n) is 16.8. The van der Waals surface area contributed by atoms with Gasteiger partial charge in [0.2, 0.25) is 0 Å². The molecule has 0 saturated heterocycles. The van der Waals surface area contributed by atoms with Gasteiger partial charge in [-0.15, -0.1) is 0 Å². The molecule has 0 unspecified atom stereocenters. The fourth-order valence-corrected chi connectivity index (χ4v) is 6.75. The minimum Gasteiger partial charge on any atom is -0.394 e. The molecule has 0 heterocycles. The lowest BCUT2D eigenvalue weighted by Crippen LogP contribution is -2.53. The van der Waals surface area contributed by atoms with E-state index in [-0.39, 0.29) is 19.8 Å². The molecule has 0 spiro atoms. The van der Waals surface area contributed by atoms with Gasteiger partial charge in [-0.05, 0) is 46.5 Å². The molecule has 6 aromatic rings. The maximum Gasteiger partial charge on any atom is 0.155 e. The quantitative estimate of drug-likeness (QED) is 0.0995. The molecule has 6 aromatic carbocycles. The van der Waals surface area contributed by atoms with Crippen molar-refractivity contribution in [1.82, 2.24) is 0 Å². The highest BCUT2D eigenvalue weighted by Crippen LogP contribution is 2.52. The summed E-state index contributed by atoms with van der Waals surface area (Å²) in [6.45, 7) is 1.58. The van der Waals surface area contributed by atoms with Crippen LogP contribution in [0.5, 0.6) is 0 Å². The fraction of sp³-hybridized carbons (Fsp3) is 0.182. The third-order valence-corrected chi connectivity index (χ3v) is 9.14. The van der Waals surface area contributed by atoms with Crippen molar-refractivity contribution in [1.29, 1.82) is 0 Å². The van der Waals surface area contributed by atoms with Crippen molar-refractivity contribution in [2.45, 2.75) is 21.0 Å². The Labute approximate surface area is 300 Å². The van der Waals surface area contributed by atoms with E-state index in [1.54, 1.807) is 11.8 Å². The summed E-state index contributed by atoms with van der Waals surface area (Å²) >= 11 is 1.79. The Hall–Kier alpha value is -4.53. The molecule has 256 valence electrons. The number of rotatable bonds is 16. The first-order valence-corrected chi connectivity index (χ1v) is 17.6. The Morgan fingerprint density at radius 1 is 0.400 bits per heavy atom. The molecule has 2 N–H and O–H groups in total. The zero-order chi connectivity index (χ0) is 34.7. The first kappa shape index (κ1) is 36.7. The molecule has 0 aliphatic rings. The van der Waals surface area contributed by atoms with Crippen LogP contribution in [-0.4, -0.2) is 49.9 Å². The second-order valence-corrected chi connectivity index (χ2v) is 12.5. The van der Waals surface area contributed by atoms with E-state index in [4.69, 9.17) is 19.3 Å². The minimum absolute atomic E-state index is 0.0165. The van der Waals surface area contributed by atoms with E-state index < -0.39 is 11.2 Å². The number of benzene rings is 6. The topological polar surface area (TPSA) is 68.2 Å². The minimum atomic E-state index is -1.58. The predicted molar refractivity (Wildman–Crippen MR) is 201 cm³/mol. The van der Waals surface area contributed by atoms with E-state index in [1.165, 1.54) is 9.79 Å². The summed E-state index contributed by atoms with van der Waals surface area (Å²) in [5.41, 5.74) is 0.196. The molecule has 0 saturated carbocycles. The Bertz CT molecular complexity index is 1640.